The third-order valence-corrected chi connectivity index (χ3v) is 1.81. The van der Waals surface area contributed by atoms with Crippen molar-refractivity contribution >= 4 is 27.5 Å². The van der Waals surface area contributed by atoms with Crippen molar-refractivity contribution in [2.45, 2.75) is 0 Å². The SMILES string of the molecule is O=C(CBr)C(=O)c1cccnc1. The molecule has 0 N–H and O–H groups in total. The monoisotopic (exact) mass is 227 g/mol. The second kappa shape index (κ2) is 4.11. The number of nitrogens with zero attached hydrogens (tertiary/aromatic N) is 1. The largest absolute Gasteiger partial charge is 0.290 e. The Balaban J connectivity index is 2.86. The molecule has 0 spiro atoms. The maximum Gasteiger partial charge on any atom is 0.231 e. The van der Waals surface area contributed by atoms with E-state index in [4.69, 9.17) is 0 Å². The summed E-state index contributed by atoms with van der Waals surface area (Å²) in [5, 5.41) is 0.0563. The third kappa shape index (κ3) is 1.98. The van der Waals surface area contributed by atoms with Crippen molar-refractivity contribution in [1.82, 2.24) is 4.98 Å². The first-order valence-corrected chi connectivity index (χ1v) is 4.41. The lowest BCUT2D eigenvalue weighted by molar-refractivity contribution is -0.112. The zero-order chi connectivity index (χ0) is 8.97. The highest BCUT2D eigenvalue weighted by molar-refractivity contribution is 9.09. The summed E-state index contributed by atoms with van der Waals surface area (Å²) in [6.07, 6.45) is 2.93. The summed E-state index contributed by atoms with van der Waals surface area (Å²) >= 11 is 2.92. The van der Waals surface area contributed by atoms with Crippen LogP contribution in [0.2, 0.25) is 0 Å². The number of alkyl halides is 1. The van der Waals surface area contributed by atoms with Gasteiger partial charge in [-0.1, -0.05) is 15.9 Å². The second-order valence-electron chi connectivity index (χ2n) is 2.13. The number of aromatic nitrogens is 1. The molecule has 3 nitrogen and oxygen atoms in total. The van der Waals surface area contributed by atoms with Gasteiger partial charge in [0, 0.05) is 18.0 Å². The van der Waals surface area contributed by atoms with Gasteiger partial charge in [0.15, 0.2) is 0 Å². The number of ketones is 2. The Bertz CT molecular complexity index is 297. The van der Waals surface area contributed by atoms with Crippen molar-refractivity contribution in [1.29, 1.82) is 0 Å². The Morgan fingerprint density at radius 2 is 2.25 bits per heavy atom. The van der Waals surface area contributed by atoms with Gasteiger partial charge in [0.2, 0.25) is 11.6 Å². The van der Waals surface area contributed by atoms with E-state index in [2.05, 4.69) is 20.9 Å². The second-order valence-corrected chi connectivity index (χ2v) is 2.69. The van der Waals surface area contributed by atoms with Gasteiger partial charge in [0.05, 0.1) is 5.33 Å². The third-order valence-electron chi connectivity index (χ3n) is 1.30. The number of Topliss-reactive ketones (excluding diaryl/α,β-unsaturated/α-hetero) is 2. The summed E-state index contributed by atoms with van der Waals surface area (Å²) < 4.78 is 0. The van der Waals surface area contributed by atoms with Crippen molar-refractivity contribution in [2.75, 3.05) is 5.33 Å². The zero-order valence-electron chi connectivity index (χ0n) is 6.16. The van der Waals surface area contributed by atoms with Crippen molar-refractivity contribution in [3.05, 3.63) is 30.1 Å². The number of hydrogen-bond acceptors (Lipinski definition) is 3. The van der Waals surface area contributed by atoms with E-state index in [-0.39, 0.29) is 5.33 Å². The molecule has 0 aliphatic heterocycles. The molecule has 1 aromatic heterocycles. The quantitative estimate of drug-likeness (QED) is 0.444. The van der Waals surface area contributed by atoms with E-state index in [0.717, 1.165) is 0 Å². The maximum absolute atomic E-state index is 11.2. The fourth-order valence-electron chi connectivity index (χ4n) is 0.719. The number of rotatable bonds is 3. The van der Waals surface area contributed by atoms with E-state index in [1.54, 1.807) is 18.3 Å². The van der Waals surface area contributed by atoms with Crippen LogP contribution in [0.5, 0.6) is 0 Å². The van der Waals surface area contributed by atoms with Crippen LogP contribution in [0.1, 0.15) is 10.4 Å². The summed E-state index contributed by atoms with van der Waals surface area (Å²) in [7, 11) is 0. The number of carbonyl (C=O) groups is 2. The van der Waals surface area contributed by atoms with E-state index in [9.17, 15) is 9.59 Å². The number of hydrogen-bond donors (Lipinski definition) is 0. The molecule has 0 bridgehead atoms. The number of carbonyl (C=O) groups excluding carboxylic acids is 2. The molecule has 1 heterocycles. The molecular formula is C8H6BrNO2. The van der Waals surface area contributed by atoms with Crippen LogP contribution < -0.4 is 0 Å². The van der Waals surface area contributed by atoms with Crippen LogP contribution in [0.25, 0.3) is 0 Å². The molecule has 0 aliphatic carbocycles. The first-order chi connectivity index (χ1) is 5.75. The molecule has 0 saturated heterocycles. The fourth-order valence-corrected chi connectivity index (χ4v) is 0.973. The Morgan fingerprint density at radius 1 is 1.50 bits per heavy atom. The number of pyridine rings is 1. The van der Waals surface area contributed by atoms with Crippen molar-refractivity contribution < 1.29 is 9.59 Å². The molecule has 0 radical (unpaired) electrons. The average molecular weight is 228 g/mol. The lowest BCUT2D eigenvalue weighted by Gasteiger charge is -1.94. The molecule has 0 atom stereocenters. The highest BCUT2D eigenvalue weighted by atomic mass is 79.9. The predicted octanol–water partition coefficient (Wildman–Crippen LogP) is 1.23. The van der Waals surface area contributed by atoms with E-state index < -0.39 is 11.6 Å². The van der Waals surface area contributed by atoms with Gasteiger partial charge in [0.25, 0.3) is 0 Å². The van der Waals surface area contributed by atoms with Crippen LogP contribution in [-0.2, 0) is 4.79 Å². The maximum atomic E-state index is 11.2. The molecule has 0 amide bonds. The van der Waals surface area contributed by atoms with Crippen LogP contribution in [0.3, 0.4) is 0 Å². The van der Waals surface area contributed by atoms with Gasteiger partial charge in [-0.05, 0) is 12.1 Å². The molecule has 4 heteroatoms. The summed E-state index contributed by atoms with van der Waals surface area (Å²) in [5.74, 6) is -0.956. The minimum Gasteiger partial charge on any atom is -0.290 e. The molecule has 0 saturated carbocycles. The molecular weight excluding hydrogens is 222 g/mol. The Kier molecular flexibility index (Phi) is 3.10. The molecule has 0 aromatic carbocycles. The lowest BCUT2D eigenvalue weighted by atomic mass is 10.1. The van der Waals surface area contributed by atoms with Crippen LogP contribution in [-0.4, -0.2) is 21.9 Å². The Labute approximate surface area is 77.9 Å². The first kappa shape index (κ1) is 9.06. The van der Waals surface area contributed by atoms with E-state index >= 15 is 0 Å². The molecule has 1 rings (SSSR count). The zero-order valence-corrected chi connectivity index (χ0v) is 7.74. The molecule has 1 aromatic rings. The van der Waals surface area contributed by atoms with Gasteiger partial charge in [0.1, 0.15) is 0 Å². The highest BCUT2D eigenvalue weighted by Gasteiger charge is 2.13. The first-order valence-electron chi connectivity index (χ1n) is 3.29. The van der Waals surface area contributed by atoms with E-state index in [1.807, 2.05) is 0 Å². The topological polar surface area (TPSA) is 47.0 Å². The summed E-state index contributed by atoms with van der Waals surface area (Å²) in [6.45, 7) is 0. The standard InChI is InChI=1S/C8H6BrNO2/c9-4-7(11)8(12)6-2-1-3-10-5-6/h1-3,5H,4H2. The van der Waals surface area contributed by atoms with Gasteiger partial charge < -0.3 is 0 Å². The van der Waals surface area contributed by atoms with Crippen LogP contribution >= 0.6 is 15.9 Å². The van der Waals surface area contributed by atoms with Gasteiger partial charge in [-0.3, -0.25) is 14.6 Å². The predicted molar refractivity (Wildman–Crippen MR) is 47.4 cm³/mol. The normalized spacial score (nSPS) is 9.42. The van der Waals surface area contributed by atoms with Gasteiger partial charge in [-0.25, -0.2) is 0 Å². The molecule has 0 unspecified atom stereocenters. The summed E-state index contributed by atoms with van der Waals surface area (Å²) in [6, 6.07) is 3.19. The number of halogens is 1. The summed E-state index contributed by atoms with van der Waals surface area (Å²) in [5.41, 5.74) is 0.335. The van der Waals surface area contributed by atoms with E-state index in [1.165, 1.54) is 6.20 Å². The molecule has 0 fully saturated rings. The lowest BCUT2D eigenvalue weighted by Crippen LogP contribution is -2.14. The van der Waals surface area contributed by atoms with Crippen molar-refractivity contribution in [2.24, 2.45) is 0 Å². The average Bonchev–Trinajstić information content (AvgIpc) is 2.17. The van der Waals surface area contributed by atoms with Crippen molar-refractivity contribution in [3.8, 4) is 0 Å². The van der Waals surface area contributed by atoms with Crippen LogP contribution in [0, 0.1) is 0 Å². The minimum absolute atomic E-state index is 0.0563. The highest BCUT2D eigenvalue weighted by Crippen LogP contribution is 1.99. The van der Waals surface area contributed by atoms with Gasteiger partial charge in [-0.2, -0.15) is 0 Å². The fraction of sp³-hybridized carbons (Fsp3) is 0.125. The molecule has 62 valence electrons. The molecule has 12 heavy (non-hydrogen) atoms. The van der Waals surface area contributed by atoms with Gasteiger partial charge >= 0.3 is 0 Å². The molecule has 0 aliphatic rings. The Hall–Kier alpha value is -1.03. The van der Waals surface area contributed by atoms with Crippen LogP contribution in [0.15, 0.2) is 24.5 Å². The van der Waals surface area contributed by atoms with Gasteiger partial charge in [-0.15, -0.1) is 0 Å². The van der Waals surface area contributed by atoms with E-state index in [0.29, 0.717) is 5.56 Å². The minimum atomic E-state index is -0.500. The summed E-state index contributed by atoms with van der Waals surface area (Å²) in [4.78, 5) is 25.8. The van der Waals surface area contributed by atoms with Crippen molar-refractivity contribution in [3.63, 3.8) is 0 Å². The Morgan fingerprint density at radius 3 is 2.75 bits per heavy atom. The van der Waals surface area contributed by atoms with Crippen LogP contribution in [0.4, 0.5) is 0 Å². The smallest absolute Gasteiger partial charge is 0.231 e.